The monoisotopic (exact) mass is 239 g/mol. The molecule has 2 atom stereocenters. The maximum Gasteiger partial charge on any atom is 0.223 e. The van der Waals surface area contributed by atoms with Gasteiger partial charge >= 0.3 is 0 Å². The van der Waals surface area contributed by atoms with Crippen LogP contribution in [-0.4, -0.2) is 43.5 Å². The summed E-state index contributed by atoms with van der Waals surface area (Å²) < 4.78 is 0. The minimum Gasteiger partial charge on any atom is -0.355 e. The van der Waals surface area contributed by atoms with Crippen LogP contribution < -0.4 is 11.1 Å². The summed E-state index contributed by atoms with van der Waals surface area (Å²) in [7, 11) is 0. The SMILES string of the molecule is NC[C@H]1CCC[C@H]1C(=O)NCCN1CCCC1. The van der Waals surface area contributed by atoms with E-state index < -0.39 is 0 Å². The molecule has 1 saturated heterocycles. The number of hydrogen-bond acceptors (Lipinski definition) is 3. The zero-order valence-electron chi connectivity index (χ0n) is 10.7. The fourth-order valence-corrected chi connectivity index (χ4v) is 3.14. The summed E-state index contributed by atoms with van der Waals surface area (Å²) in [4.78, 5) is 14.4. The van der Waals surface area contributed by atoms with Gasteiger partial charge in [0.05, 0.1) is 0 Å². The molecule has 0 aromatic heterocycles. The molecule has 2 aliphatic rings. The Morgan fingerprint density at radius 2 is 2.00 bits per heavy atom. The lowest BCUT2D eigenvalue weighted by atomic mass is 9.95. The average molecular weight is 239 g/mol. The number of carbonyl (C=O) groups excluding carboxylic acids is 1. The number of rotatable bonds is 5. The second-order valence-corrected chi connectivity index (χ2v) is 5.37. The number of nitrogens with two attached hydrogens (primary N) is 1. The summed E-state index contributed by atoms with van der Waals surface area (Å²) in [6.45, 7) is 4.86. The molecule has 0 bridgehead atoms. The molecule has 1 aliphatic heterocycles. The van der Waals surface area contributed by atoms with Crippen LogP contribution in [0.4, 0.5) is 0 Å². The predicted octanol–water partition coefficient (Wildman–Crippen LogP) is 0.573. The fraction of sp³-hybridized carbons (Fsp3) is 0.923. The first kappa shape index (κ1) is 12.8. The summed E-state index contributed by atoms with van der Waals surface area (Å²) in [6, 6.07) is 0. The Labute approximate surface area is 104 Å². The molecule has 0 spiro atoms. The Bertz CT molecular complexity index is 251. The summed E-state index contributed by atoms with van der Waals surface area (Å²) in [5, 5.41) is 3.08. The third kappa shape index (κ3) is 3.42. The number of amides is 1. The van der Waals surface area contributed by atoms with Gasteiger partial charge in [-0.2, -0.15) is 0 Å². The van der Waals surface area contributed by atoms with Gasteiger partial charge in [0.15, 0.2) is 0 Å². The van der Waals surface area contributed by atoms with Crippen molar-refractivity contribution < 1.29 is 4.79 Å². The largest absolute Gasteiger partial charge is 0.355 e. The van der Waals surface area contributed by atoms with Gasteiger partial charge in [0.1, 0.15) is 0 Å². The second kappa shape index (κ2) is 6.36. The molecular formula is C13H25N3O. The lowest BCUT2D eigenvalue weighted by molar-refractivity contribution is -0.126. The van der Waals surface area contributed by atoms with Crippen molar-refractivity contribution in [3.05, 3.63) is 0 Å². The van der Waals surface area contributed by atoms with Crippen LogP contribution >= 0.6 is 0 Å². The van der Waals surface area contributed by atoms with Gasteiger partial charge in [-0.05, 0) is 51.2 Å². The maximum absolute atomic E-state index is 12.0. The highest BCUT2D eigenvalue weighted by Gasteiger charge is 2.31. The molecule has 0 aromatic rings. The van der Waals surface area contributed by atoms with E-state index in [-0.39, 0.29) is 11.8 Å². The molecule has 4 nitrogen and oxygen atoms in total. The first-order chi connectivity index (χ1) is 8.31. The Hall–Kier alpha value is -0.610. The third-order valence-corrected chi connectivity index (χ3v) is 4.22. The van der Waals surface area contributed by atoms with Crippen LogP contribution in [0.15, 0.2) is 0 Å². The summed E-state index contributed by atoms with van der Waals surface area (Å²) >= 11 is 0. The lowest BCUT2D eigenvalue weighted by Gasteiger charge is -2.19. The Balaban J connectivity index is 1.66. The van der Waals surface area contributed by atoms with Gasteiger partial charge in [-0.25, -0.2) is 0 Å². The van der Waals surface area contributed by atoms with Crippen LogP contribution in [0.25, 0.3) is 0 Å². The van der Waals surface area contributed by atoms with Crippen molar-refractivity contribution in [1.82, 2.24) is 10.2 Å². The minimum atomic E-state index is 0.179. The van der Waals surface area contributed by atoms with Gasteiger partial charge in [-0.3, -0.25) is 4.79 Å². The minimum absolute atomic E-state index is 0.179. The molecular weight excluding hydrogens is 214 g/mol. The first-order valence-electron chi connectivity index (χ1n) is 7.01. The quantitative estimate of drug-likeness (QED) is 0.737. The molecule has 0 radical (unpaired) electrons. The van der Waals surface area contributed by atoms with E-state index in [1.165, 1.54) is 25.9 Å². The maximum atomic E-state index is 12.0. The molecule has 1 heterocycles. The van der Waals surface area contributed by atoms with E-state index in [1.807, 2.05) is 0 Å². The van der Waals surface area contributed by atoms with Crippen molar-refractivity contribution in [3.63, 3.8) is 0 Å². The zero-order valence-corrected chi connectivity index (χ0v) is 10.7. The second-order valence-electron chi connectivity index (χ2n) is 5.37. The Kier molecular flexibility index (Phi) is 4.80. The van der Waals surface area contributed by atoms with E-state index in [2.05, 4.69) is 10.2 Å². The van der Waals surface area contributed by atoms with Gasteiger partial charge in [0, 0.05) is 19.0 Å². The normalized spacial score (nSPS) is 29.7. The van der Waals surface area contributed by atoms with Crippen molar-refractivity contribution in [2.75, 3.05) is 32.7 Å². The highest BCUT2D eigenvalue weighted by molar-refractivity contribution is 5.79. The Morgan fingerprint density at radius 1 is 1.24 bits per heavy atom. The van der Waals surface area contributed by atoms with Crippen molar-refractivity contribution in [1.29, 1.82) is 0 Å². The van der Waals surface area contributed by atoms with Gasteiger partial charge < -0.3 is 16.0 Å². The number of hydrogen-bond donors (Lipinski definition) is 2. The molecule has 4 heteroatoms. The highest BCUT2D eigenvalue weighted by atomic mass is 16.1. The average Bonchev–Trinajstić information content (AvgIpc) is 2.99. The standard InChI is InChI=1S/C13H25N3O/c14-10-11-4-3-5-12(11)13(17)15-6-9-16-7-1-2-8-16/h11-12H,1-10,14H2,(H,15,17)/t11-,12-/m1/s1. The Morgan fingerprint density at radius 3 is 2.71 bits per heavy atom. The van der Waals surface area contributed by atoms with Gasteiger partial charge in [-0.15, -0.1) is 0 Å². The van der Waals surface area contributed by atoms with E-state index >= 15 is 0 Å². The summed E-state index contributed by atoms with van der Waals surface area (Å²) in [6.07, 6.45) is 5.93. The van der Waals surface area contributed by atoms with E-state index in [9.17, 15) is 4.79 Å². The van der Waals surface area contributed by atoms with Crippen LogP contribution in [0.1, 0.15) is 32.1 Å². The smallest absolute Gasteiger partial charge is 0.223 e. The van der Waals surface area contributed by atoms with Crippen molar-refractivity contribution in [3.8, 4) is 0 Å². The van der Waals surface area contributed by atoms with E-state index in [1.54, 1.807) is 0 Å². The van der Waals surface area contributed by atoms with Crippen LogP contribution in [0.3, 0.4) is 0 Å². The molecule has 0 unspecified atom stereocenters. The van der Waals surface area contributed by atoms with Crippen LogP contribution in [-0.2, 0) is 4.79 Å². The topological polar surface area (TPSA) is 58.4 Å². The summed E-state index contributed by atoms with van der Waals surface area (Å²) in [5.41, 5.74) is 5.70. The zero-order chi connectivity index (χ0) is 12.1. The summed E-state index contributed by atoms with van der Waals surface area (Å²) in [5.74, 6) is 0.831. The van der Waals surface area contributed by atoms with Crippen LogP contribution in [0, 0.1) is 11.8 Å². The number of nitrogens with one attached hydrogen (secondary N) is 1. The number of nitrogens with zero attached hydrogens (tertiary/aromatic N) is 1. The van der Waals surface area contributed by atoms with Gasteiger partial charge in [-0.1, -0.05) is 6.42 Å². The van der Waals surface area contributed by atoms with Crippen molar-refractivity contribution in [2.24, 2.45) is 17.6 Å². The molecule has 1 saturated carbocycles. The van der Waals surface area contributed by atoms with Crippen LogP contribution in [0.2, 0.25) is 0 Å². The van der Waals surface area contributed by atoms with Crippen LogP contribution in [0.5, 0.6) is 0 Å². The van der Waals surface area contributed by atoms with E-state index in [4.69, 9.17) is 5.73 Å². The van der Waals surface area contributed by atoms with Gasteiger partial charge in [0.25, 0.3) is 0 Å². The predicted molar refractivity (Wildman–Crippen MR) is 68.6 cm³/mol. The molecule has 1 aliphatic carbocycles. The lowest BCUT2D eigenvalue weighted by Crippen LogP contribution is -2.39. The number of likely N-dealkylation sites (tertiary alicyclic amines) is 1. The first-order valence-corrected chi connectivity index (χ1v) is 7.01. The molecule has 1 amide bonds. The van der Waals surface area contributed by atoms with Gasteiger partial charge in [0.2, 0.25) is 5.91 Å². The van der Waals surface area contributed by atoms with Crippen molar-refractivity contribution >= 4 is 5.91 Å². The number of carbonyl (C=O) groups is 1. The molecule has 2 fully saturated rings. The molecule has 2 rings (SSSR count). The van der Waals surface area contributed by atoms with Crippen molar-refractivity contribution in [2.45, 2.75) is 32.1 Å². The van der Waals surface area contributed by atoms with E-state index in [0.29, 0.717) is 12.5 Å². The van der Waals surface area contributed by atoms with E-state index in [0.717, 1.165) is 32.4 Å². The molecule has 3 N–H and O–H groups in total. The molecule has 17 heavy (non-hydrogen) atoms. The highest BCUT2D eigenvalue weighted by Crippen LogP contribution is 2.30. The molecule has 98 valence electrons. The third-order valence-electron chi connectivity index (χ3n) is 4.22. The molecule has 0 aromatic carbocycles. The fourth-order valence-electron chi connectivity index (χ4n) is 3.14.